The topological polar surface area (TPSA) is 96.9 Å². The normalized spacial score (nSPS) is 11.8. The molecule has 1 unspecified atom stereocenters. The van der Waals surface area contributed by atoms with Gasteiger partial charge in [0.15, 0.2) is 18.1 Å². The summed E-state index contributed by atoms with van der Waals surface area (Å²) in [5.41, 5.74) is 2.51. The molecule has 0 radical (unpaired) electrons. The third-order valence-corrected chi connectivity index (χ3v) is 4.81. The van der Waals surface area contributed by atoms with Gasteiger partial charge >= 0.3 is 5.97 Å². The van der Waals surface area contributed by atoms with Crippen LogP contribution in [-0.4, -0.2) is 36.7 Å². The molecule has 0 spiro atoms. The molecule has 0 fully saturated rings. The van der Waals surface area contributed by atoms with Gasteiger partial charge in [-0.15, -0.1) is 0 Å². The van der Waals surface area contributed by atoms with Crippen molar-refractivity contribution in [3.8, 4) is 11.5 Å². The number of aryl methyl sites for hydroxylation is 1. The number of carboxylic acids is 1. The molecule has 0 aliphatic rings. The summed E-state index contributed by atoms with van der Waals surface area (Å²) < 4.78 is 11.0. The summed E-state index contributed by atoms with van der Waals surface area (Å²) in [6, 6.07) is 10.1. The fourth-order valence-electron chi connectivity index (χ4n) is 2.97. The minimum atomic E-state index is -0.897. The first kappa shape index (κ1) is 24.5. The lowest BCUT2D eigenvalue weighted by Gasteiger charge is -2.18. The molecule has 0 aliphatic heterocycles. The lowest BCUT2D eigenvalue weighted by Crippen LogP contribution is -2.37. The van der Waals surface area contributed by atoms with Crippen LogP contribution < -0.4 is 20.1 Å². The molecular weight excluding hydrogens is 420 g/mol. The maximum Gasteiger partial charge on any atom is 0.320 e. The molecule has 7 nitrogen and oxygen atoms in total. The summed E-state index contributed by atoms with van der Waals surface area (Å²) >= 11 is 6.36. The highest BCUT2D eigenvalue weighted by Crippen LogP contribution is 2.36. The van der Waals surface area contributed by atoms with Crippen molar-refractivity contribution in [1.82, 2.24) is 5.32 Å². The number of amides is 1. The van der Waals surface area contributed by atoms with Gasteiger partial charge in [-0.2, -0.15) is 0 Å². The zero-order valence-electron chi connectivity index (χ0n) is 18.2. The van der Waals surface area contributed by atoms with Gasteiger partial charge in [0.05, 0.1) is 12.1 Å². The second-order valence-electron chi connectivity index (χ2n) is 7.71. The first-order chi connectivity index (χ1) is 14.7. The molecule has 1 atom stereocenters. The average Bonchev–Trinajstić information content (AvgIpc) is 2.71. The number of methoxy groups -OCH3 is 1. The Bertz CT molecular complexity index is 900. The van der Waals surface area contributed by atoms with Gasteiger partial charge < -0.3 is 25.2 Å². The van der Waals surface area contributed by atoms with Crippen molar-refractivity contribution in [1.29, 1.82) is 0 Å². The Balaban J connectivity index is 2.02. The van der Waals surface area contributed by atoms with Gasteiger partial charge in [0, 0.05) is 12.2 Å². The molecule has 0 bridgehead atoms. The highest BCUT2D eigenvalue weighted by molar-refractivity contribution is 6.32. The van der Waals surface area contributed by atoms with E-state index in [1.54, 1.807) is 12.1 Å². The van der Waals surface area contributed by atoms with Gasteiger partial charge in [-0.25, -0.2) is 0 Å². The van der Waals surface area contributed by atoms with Crippen LogP contribution in [0.3, 0.4) is 0 Å². The number of ether oxygens (including phenoxy) is 2. The molecule has 31 heavy (non-hydrogen) atoms. The average molecular weight is 449 g/mol. The Morgan fingerprint density at radius 1 is 1.16 bits per heavy atom. The highest BCUT2D eigenvalue weighted by Gasteiger charge is 2.19. The molecule has 0 heterocycles. The van der Waals surface area contributed by atoms with Gasteiger partial charge in [-0.1, -0.05) is 43.1 Å². The molecular formula is C23H29ClN2O5. The summed E-state index contributed by atoms with van der Waals surface area (Å²) in [7, 11) is 1.47. The first-order valence-corrected chi connectivity index (χ1v) is 10.4. The lowest BCUT2D eigenvalue weighted by atomic mass is 10.0. The molecule has 0 aromatic heterocycles. The summed E-state index contributed by atoms with van der Waals surface area (Å²) in [5, 5.41) is 15.4. The number of halogens is 1. The SMILES string of the molecule is COc1cc(CNC(CC(C)C)C(=O)O)cc(Cl)c1OCC(=O)Nc1ccc(C)cc1. The first-order valence-electron chi connectivity index (χ1n) is 10.0. The number of carbonyl (C=O) groups excluding carboxylic acids is 1. The number of hydrogen-bond acceptors (Lipinski definition) is 5. The van der Waals surface area contributed by atoms with Crippen LogP contribution in [0.4, 0.5) is 5.69 Å². The number of aliphatic carboxylic acids is 1. The summed E-state index contributed by atoms with van der Waals surface area (Å²) in [6.07, 6.45) is 0.511. The van der Waals surface area contributed by atoms with Crippen LogP contribution in [0.25, 0.3) is 0 Å². The van der Waals surface area contributed by atoms with Gasteiger partial charge in [0.25, 0.3) is 5.91 Å². The fraction of sp³-hybridized carbons (Fsp3) is 0.391. The number of hydrogen-bond donors (Lipinski definition) is 3. The van der Waals surface area contributed by atoms with E-state index in [0.29, 0.717) is 24.4 Å². The van der Waals surface area contributed by atoms with E-state index in [0.717, 1.165) is 11.1 Å². The van der Waals surface area contributed by atoms with E-state index in [4.69, 9.17) is 21.1 Å². The monoisotopic (exact) mass is 448 g/mol. The number of benzene rings is 2. The zero-order valence-corrected chi connectivity index (χ0v) is 19.0. The van der Waals surface area contributed by atoms with Crippen molar-refractivity contribution in [2.75, 3.05) is 19.0 Å². The van der Waals surface area contributed by atoms with E-state index < -0.39 is 12.0 Å². The molecule has 1 amide bonds. The predicted octanol–water partition coefficient (Wildman–Crippen LogP) is 4.26. The summed E-state index contributed by atoms with van der Waals surface area (Å²) in [6.45, 7) is 5.97. The maximum atomic E-state index is 12.2. The van der Waals surface area contributed by atoms with Crippen molar-refractivity contribution in [2.45, 2.75) is 39.8 Å². The van der Waals surface area contributed by atoms with E-state index in [1.165, 1.54) is 7.11 Å². The maximum absolute atomic E-state index is 12.2. The number of rotatable bonds is 11. The Morgan fingerprint density at radius 2 is 1.84 bits per heavy atom. The molecule has 8 heteroatoms. The smallest absolute Gasteiger partial charge is 0.320 e. The standard InChI is InChI=1S/C23H29ClN2O5/c1-14(2)9-19(23(28)29)25-12-16-10-18(24)22(20(11-16)30-4)31-13-21(27)26-17-7-5-15(3)6-8-17/h5-8,10-11,14,19,25H,9,12-13H2,1-4H3,(H,26,27)(H,28,29). The van der Waals surface area contributed by atoms with Crippen molar-refractivity contribution in [2.24, 2.45) is 5.92 Å². The number of anilines is 1. The van der Waals surface area contributed by atoms with E-state index in [2.05, 4.69) is 10.6 Å². The van der Waals surface area contributed by atoms with Crippen molar-refractivity contribution in [3.63, 3.8) is 0 Å². The van der Waals surface area contributed by atoms with Crippen LogP contribution in [0.15, 0.2) is 36.4 Å². The number of carbonyl (C=O) groups is 2. The summed E-state index contributed by atoms with van der Waals surface area (Å²) in [5.74, 6) is -0.363. The third kappa shape index (κ3) is 7.77. The van der Waals surface area contributed by atoms with Gasteiger partial charge in [-0.3, -0.25) is 9.59 Å². The van der Waals surface area contributed by atoms with Crippen LogP contribution in [-0.2, 0) is 16.1 Å². The van der Waals surface area contributed by atoms with Crippen molar-refractivity contribution in [3.05, 3.63) is 52.5 Å². The zero-order chi connectivity index (χ0) is 23.0. The molecule has 168 valence electrons. The van der Waals surface area contributed by atoms with Gasteiger partial charge in [0.2, 0.25) is 0 Å². The molecule has 3 N–H and O–H groups in total. The second kappa shape index (κ2) is 11.6. The molecule has 0 saturated carbocycles. The molecule has 2 aromatic rings. The Morgan fingerprint density at radius 3 is 2.42 bits per heavy atom. The van der Waals surface area contributed by atoms with E-state index >= 15 is 0 Å². The Hall–Kier alpha value is -2.77. The fourth-order valence-corrected chi connectivity index (χ4v) is 3.26. The third-order valence-electron chi connectivity index (χ3n) is 4.53. The molecule has 0 aliphatic carbocycles. The molecule has 2 aromatic carbocycles. The minimum absolute atomic E-state index is 0.239. The van der Waals surface area contributed by atoms with Crippen LogP contribution in [0.2, 0.25) is 5.02 Å². The van der Waals surface area contributed by atoms with Crippen LogP contribution in [0.5, 0.6) is 11.5 Å². The predicted molar refractivity (Wildman–Crippen MR) is 121 cm³/mol. The largest absolute Gasteiger partial charge is 0.493 e. The molecule has 0 saturated heterocycles. The highest BCUT2D eigenvalue weighted by atomic mass is 35.5. The number of carboxylic acid groups (broad SMARTS) is 1. The summed E-state index contributed by atoms with van der Waals surface area (Å²) in [4.78, 5) is 23.6. The van der Waals surface area contributed by atoms with Crippen molar-refractivity contribution < 1.29 is 24.2 Å². The molecule has 2 rings (SSSR count). The van der Waals surface area contributed by atoms with Crippen LogP contribution in [0, 0.1) is 12.8 Å². The van der Waals surface area contributed by atoms with E-state index in [-0.39, 0.29) is 29.2 Å². The van der Waals surface area contributed by atoms with Gasteiger partial charge in [0.1, 0.15) is 6.04 Å². The van der Waals surface area contributed by atoms with Crippen molar-refractivity contribution >= 4 is 29.2 Å². The minimum Gasteiger partial charge on any atom is -0.493 e. The van der Waals surface area contributed by atoms with Crippen LogP contribution in [0.1, 0.15) is 31.4 Å². The quantitative estimate of drug-likeness (QED) is 0.475. The number of nitrogens with one attached hydrogen (secondary N) is 2. The van der Waals surface area contributed by atoms with Gasteiger partial charge in [-0.05, 0) is 49.1 Å². The van der Waals surface area contributed by atoms with E-state index in [1.807, 2.05) is 45.0 Å². The lowest BCUT2D eigenvalue weighted by molar-refractivity contribution is -0.140. The second-order valence-corrected chi connectivity index (χ2v) is 8.12. The van der Waals surface area contributed by atoms with E-state index in [9.17, 15) is 14.7 Å². The van der Waals surface area contributed by atoms with Crippen LogP contribution >= 0.6 is 11.6 Å². The Labute approximate surface area is 187 Å². The Kier molecular flexibility index (Phi) is 9.15.